The smallest absolute Gasteiger partial charge is 0.241 e. The Morgan fingerprint density at radius 2 is 1.57 bits per heavy atom. The topological polar surface area (TPSA) is 29.5 Å². The summed E-state index contributed by atoms with van der Waals surface area (Å²) in [6.45, 7) is 1.92. The van der Waals surface area contributed by atoms with Crippen LogP contribution >= 0.6 is 35.0 Å². The van der Waals surface area contributed by atoms with Crippen molar-refractivity contribution in [3.8, 4) is 11.5 Å². The summed E-state index contributed by atoms with van der Waals surface area (Å²) < 4.78 is 5.84. The van der Waals surface area contributed by atoms with Crippen LogP contribution in [0.4, 0.5) is 5.69 Å². The number of ether oxygens (including phenoxy) is 1. The van der Waals surface area contributed by atoms with Gasteiger partial charge >= 0.3 is 0 Å². The Morgan fingerprint density at radius 3 is 2.25 bits per heavy atom. The number of carbonyl (C=O) groups excluding carboxylic acids is 1. The van der Waals surface area contributed by atoms with Gasteiger partial charge in [0.15, 0.2) is 0 Å². The standard InChI is InChI=1S/C22H17Cl2NO2S/c1-14-21(26)25(22(28-14)15-7-12-19(23)20(24)13-15)16-8-10-18(11-9-16)27-17-5-3-2-4-6-17/h2-14,22H,1H3/t14-,22+/m1/s1. The number of benzene rings is 3. The van der Waals surface area contributed by atoms with Gasteiger partial charge in [-0.1, -0.05) is 47.5 Å². The number of anilines is 1. The highest BCUT2D eigenvalue weighted by Crippen LogP contribution is 2.46. The Kier molecular flexibility index (Phi) is 5.54. The highest BCUT2D eigenvalue weighted by atomic mass is 35.5. The first-order valence-corrected chi connectivity index (χ1v) is 10.5. The van der Waals surface area contributed by atoms with E-state index in [0.29, 0.717) is 15.8 Å². The minimum atomic E-state index is -0.154. The van der Waals surface area contributed by atoms with Crippen LogP contribution in [0, 0.1) is 0 Å². The van der Waals surface area contributed by atoms with Gasteiger partial charge in [-0.25, -0.2) is 0 Å². The zero-order valence-electron chi connectivity index (χ0n) is 15.0. The molecule has 142 valence electrons. The monoisotopic (exact) mass is 429 g/mol. The molecular formula is C22H17Cl2NO2S. The van der Waals surface area contributed by atoms with E-state index >= 15 is 0 Å². The lowest BCUT2D eigenvalue weighted by Gasteiger charge is -2.24. The van der Waals surface area contributed by atoms with Gasteiger partial charge in [0.1, 0.15) is 16.9 Å². The van der Waals surface area contributed by atoms with Gasteiger partial charge in [0.2, 0.25) is 5.91 Å². The lowest BCUT2D eigenvalue weighted by Crippen LogP contribution is -2.30. The molecule has 4 rings (SSSR count). The lowest BCUT2D eigenvalue weighted by molar-refractivity contribution is -0.117. The molecule has 0 aromatic heterocycles. The number of rotatable bonds is 4. The Balaban J connectivity index is 1.61. The molecule has 3 aromatic rings. The van der Waals surface area contributed by atoms with Crippen molar-refractivity contribution in [2.75, 3.05) is 4.90 Å². The van der Waals surface area contributed by atoms with Crippen LogP contribution in [0.25, 0.3) is 0 Å². The van der Waals surface area contributed by atoms with Crippen molar-refractivity contribution in [2.45, 2.75) is 17.5 Å². The van der Waals surface area contributed by atoms with Gasteiger partial charge in [-0.05, 0) is 61.0 Å². The number of hydrogen-bond acceptors (Lipinski definition) is 3. The summed E-state index contributed by atoms with van der Waals surface area (Å²) >= 11 is 13.8. The van der Waals surface area contributed by atoms with E-state index < -0.39 is 0 Å². The molecule has 1 aliphatic heterocycles. The predicted octanol–water partition coefficient (Wildman–Crippen LogP) is 6.95. The number of amides is 1. The van der Waals surface area contributed by atoms with Crippen LogP contribution in [0.15, 0.2) is 72.8 Å². The molecule has 1 amide bonds. The van der Waals surface area contributed by atoms with Gasteiger partial charge in [0.25, 0.3) is 0 Å². The van der Waals surface area contributed by atoms with Crippen molar-refractivity contribution in [2.24, 2.45) is 0 Å². The first-order chi connectivity index (χ1) is 13.5. The SMILES string of the molecule is C[C@H]1S[C@@H](c2ccc(Cl)c(Cl)c2)N(c2ccc(Oc3ccccc3)cc2)C1=O. The van der Waals surface area contributed by atoms with E-state index in [9.17, 15) is 4.79 Å². The molecule has 6 heteroatoms. The summed E-state index contributed by atoms with van der Waals surface area (Å²) in [6, 6.07) is 22.6. The molecule has 1 aliphatic rings. The maximum atomic E-state index is 12.8. The van der Waals surface area contributed by atoms with Crippen molar-refractivity contribution in [1.29, 1.82) is 0 Å². The third-order valence-electron chi connectivity index (χ3n) is 4.48. The van der Waals surface area contributed by atoms with Crippen molar-refractivity contribution < 1.29 is 9.53 Å². The third kappa shape index (κ3) is 3.86. The van der Waals surface area contributed by atoms with Gasteiger partial charge in [0, 0.05) is 5.69 Å². The van der Waals surface area contributed by atoms with E-state index in [1.165, 1.54) is 0 Å². The molecule has 0 radical (unpaired) electrons. The van der Waals surface area contributed by atoms with Gasteiger partial charge < -0.3 is 4.74 Å². The van der Waals surface area contributed by atoms with Gasteiger partial charge in [0.05, 0.1) is 15.3 Å². The molecular weight excluding hydrogens is 413 g/mol. The lowest BCUT2D eigenvalue weighted by atomic mass is 10.1. The molecule has 0 bridgehead atoms. The predicted molar refractivity (Wildman–Crippen MR) is 117 cm³/mol. The molecule has 0 unspecified atom stereocenters. The summed E-state index contributed by atoms with van der Waals surface area (Å²) in [4.78, 5) is 14.6. The average molecular weight is 430 g/mol. The van der Waals surface area contributed by atoms with E-state index in [0.717, 1.165) is 17.0 Å². The fourth-order valence-corrected chi connectivity index (χ4v) is 4.65. The second kappa shape index (κ2) is 8.08. The average Bonchev–Trinajstić information content (AvgIpc) is 3.00. The van der Waals surface area contributed by atoms with Crippen LogP contribution in [-0.2, 0) is 4.79 Å². The number of para-hydroxylation sites is 1. The Labute approximate surface area is 178 Å². The number of hydrogen-bond donors (Lipinski definition) is 0. The van der Waals surface area contributed by atoms with Crippen LogP contribution in [0.2, 0.25) is 10.0 Å². The van der Waals surface area contributed by atoms with E-state index in [-0.39, 0.29) is 16.5 Å². The number of carbonyl (C=O) groups is 1. The van der Waals surface area contributed by atoms with Gasteiger partial charge in [-0.15, -0.1) is 11.8 Å². The molecule has 0 spiro atoms. The third-order valence-corrected chi connectivity index (χ3v) is 6.57. The minimum Gasteiger partial charge on any atom is -0.457 e. The highest BCUT2D eigenvalue weighted by molar-refractivity contribution is 8.01. The maximum absolute atomic E-state index is 12.8. The molecule has 0 aliphatic carbocycles. The van der Waals surface area contributed by atoms with Gasteiger partial charge in [-0.3, -0.25) is 9.69 Å². The summed E-state index contributed by atoms with van der Waals surface area (Å²) in [6.07, 6.45) is 0. The zero-order valence-corrected chi connectivity index (χ0v) is 17.3. The van der Waals surface area contributed by atoms with E-state index in [4.69, 9.17) is 27.9 Å². The second-order valence-corrected chi connectivity index (χ2v) is 8.66. The summed E-state index contributed by atoms with van der Waals surface area (Å²) in [7, 11) is 0. The fourth-order valence-electron chi connectivity index (χ4n) is 3.08. The van der Waals surface area contributed by atoms with Crippen molar-refractivity contribution in [3.63, 3.8) is 0 Å². The number of nitrogens with zero attached hydrogens (tertiary/aromatic N) is 1. The molecule has 1 heterocycles. The zero-order chi connectivity index (χ0) is 19.7. The van der Waals surface area contributed by atoms with Gasteiger partial charge in [-0.2, -0.15) is 0 Å². The molecule has 0 N–H and O–H groups in total. The summed E-state index contributed by atoms with van der Waals surface area (Å²) in [5.41, 5.74) is 1.76. The Morgan fingerprint density at radius 1 is 0.893 bits per heavy atom. The second-order valence-electron chi connectivity index (χ2n) is 6.42. The molecule has 1 fully saturated rings. The normalized spacial score (nSPS) is 19.1. The summed E-state index contributed by atoms with van der Waals surface area (Å²) in [5.74, 6) is 1.55. The molecule has 1 saturated heterocycles. The van der Waals surface area contributed by atoms with Crippen LogP contribution in [0.3, 0.4) is 0 Å². The molecule has 28 heavy (non-hydrogen) atoms. The van der Waals surface area contributed by atoms with Crippen molar-refractivity contribution in [1.82, 2.24) is 0 Å². The van der Waals surface area contributed by atoms with Crippen LogP contribution in [0.1, 0.15) is 17.9 Å². The Bertz CT molecular complexity index is 995. The minimum absolute atomic E-state index is 0.0674. The van der Waals surface area contributed by atoms with Crippen molar-refractivity contribution in [3.05, 3.63) is 88.4 Å². The number of thioether (sulfide) groups is 1. The maximum Gasteiger partial charge on any atom is 0.241 e. The fraction of sp³-hybridized carbons (Fsp3) is 0.136. The van der Waals surface area contributed by atoms with E-state index in [1.54, 1.807) is 22.7 Å². The van der Waals surface area contributed by atoms with Crippen LogP contribution in [0.5, 0.6) is 11.5 Å². The molecule has 3 nitrogen and oxygen atoms in total. The van der Waals surface area contributed by atoms with E-state index in [1.807, 2.05) is 73.7 Å². The number of halogens is 2. The first kappa shape index (κ1) is 19.2. The molecule has 0 saturated carbocycles. The van der Waals surface area contributed by atoms with Crippen LogP contribution < -0.4 is 9.64 Å². The Hall–Kier alpha value is -2.14. The quantitative estimate of drug-likeness (QED) is 0.449. The van der Waals surface area contributed by atoms with E-state index in [2.05, 4.69) is 0 Å². The molecule has 3 aromatic carbocycles. The largest absolute Gasteiger partial charge is 0.457 e. The highest BCUT2D eigenvalue weighted by Gasteiger charge is 2.39. The van der Waals surface area contributed by atoms with Crippen LogP contribution in [-0.4, -0.2) is 11.2 Å². The summed E-state index contributed by atoms with van der Waals surface area (Å²) in [5, 5.41) is 0.693. The molecule has 2 atom stereocenters. The van der Waals surface area contributed by atoms with Crippen molar-refractivity contribution >= 4 is 46.6 Å². The first-order valence-electron chi connectivity index (χ1n) is 8.79.